The van der Waals surface area contributed by atoms with Gasteiger partial charge in [-0.15, -0.1) is 0 Å². The Kier molecular flexibility index (Phi) is 4.24. The highest BCUT2D eigenvalue weighted by Gasteiger charge is 2.09. The average Bonchev–Trinajstić information content (AvgIpc) is 2.61. The normalized spacial score (nSPS) is 10.3. The maximum atomic E-state index is 11.4. The molecule has 0 saturated carbocycles. The third kappa shape index (κ3) is 3.49. The van der Waals surface area contributed by atoms with Gasteiger partial charge in [-0.05, 0) is 24.3 Å². The van der Waals surface area contributed by atoms with E-state index < -0.39 is 5.91 Å². The molecule has 6 nitrogen and oxygen atoms in total. The van der Waals surface area contributed by atoms with Crippen molar-refractivity contribution in [3.8, 4) is 17.1 Å². The lowest BCUT2D eigenvalue weighted by Gasteiger charge is -2.09. The van der Waals surface area contributed by atoms with Crippen LogP contribution in [0.5, 0.6) is 5.75 Å². The first-order valence-electron chi connectivity index (χ1n) is 6.97. The van der Waals surface area contributed by atoms with E-state index in [1.807, 2.05) is 6.07 Å². The number of ether oxygens (including phenoxy) is 1. The van der Waals surface area contributed by atoms with Crippen LogP contribution < -0.4 is 10.5 Å². The van der Waals surface area contributed by atoms with Crippen molar-refractivity contribution < 1.29 is 9.53 Å². The van der Waals surface area contributed by atoms with E-state index in [-0.39, 0.29) is 6.61 Å². The van der Waals surface area contributed by atoms with Crippen molar-refractivity contribution in [1.29, 1.82) is 0 Å². The Labute approximate surface area is 133 Å². The molecule has 1 aromatic carbocycles. The number of nitrogens with two attached hydrogens (primary N) is 1. The minimum absolute atomic E-state index is 0.262. The molecule has 0 saturated heterocycles. The summed E-state index contributed by atoms with van der Waals surface area (Å²) in [7, 11) is 0. The van der Waals surface area contributed by atoms with Gasteiger partial charge in [-0.2, -0.15) is 0 Å². The van der Waals surface area contributed by atoms with Crippen LogP contribution in [0.2, 0.25) is 0 Å². The zero-order chi connectivity index (χ0) is 16.1. The Hall–Kier alpha value is -3.28. The Morgan fingerprint density at radius 1 is 1.09 bits per heavy atom. The summed E-state index contributed by atoms with van der Waals surface area (Å²) >= 11 is 0. The van der Waals surface area contributed by atoms with Crippen molar-refractivity contribution in [2.45, 2.75) is 6.61 Å². The lowest BCUT2D eigenvalue weighted by molar-refractivity contribution is 0.0996. The molecule has 23 heavy (non-hydrogen) atoms. The smallest absolute Gasteiger partial charge is 0.252 e. The summed E-state index contributed by atoms with van der Waals surface area (Å²) in [5, 5.41) is 0. The van der Waals surface area contributed by atoms with Crippen LogP contribution in [-0.2, 0) is 6.61 Å². The zero-order valence-corrected chi connectivity index (χ0v) is 12.2. The number of primary amides is 1. The molecule has 0 unspecified atom stereocenters. The van der Waals surface area contributed by atoms with Gasteiger partial charge in [-0.1, -0.05) is 12.1 Å². The third-order valence-corrected chi connectivity index (χ3v) is 3.17. The van der Waals surface area contributed by atoms with E-state index in [9.17, 15) is 4.79 Å². The Balaban J connectivity index is 1.78. The van der Waals surface area contributed by atoms with E-state index in [2.05, 4.69) is 15.0 Å². The molecule has 2 heterocycles. The van der Waals surface area contributed by atoms with Crippen molar-refractivity contribution in [2.75, 3.05) is 0 Å². The van der Waals surface area contributed by atoms with Crippen LogP contribution in [0.15, 0.2) is 61.2 Å². The molecule has 0 fully saturated rings. The minimum Gasteiger partial charge on any atom is -0.488 e. The number of hydrogen-bond donors (Lipinski definition) is 1. The van der Waals surface area contributed by atoms with Gasteiger partial charge in [-0.25, -0.2) is 9.97 Å². The van der Waals surface area contributed by atoms with Gasteiger partial charge in [-0.3, -0.25) is 9.78 Å². The quantitative estimate of drug-likeness (QED) is 0.780. The monoisotopic (exact) mass is 306 g/mol. The van der Waals surface area contributed by atoms with Gasteiger partial charge in [0.25, 0.3) is 5.91 Å². The number of pyridine rings is 1. The average molecular weight is 306 g/mol. The number of amides is 1. The second-order valence-electron chi connectivity index (χ2n) is 4.80. The Morgan fingerprint density at radius 2 is 1.87 bits per heavy atom. The molecule has 0 aliphatic carbocycles. The van der Waals surface area contributed by atoms with E-state index in [0.29, 0.717) is 17.1 Å². The van der Waals surface area contributed by atoms with Crippen LogP contribution in [0.25, 0.3) is 11.4 Å². The molecule has 0 radical (unpaired) electrons. The summed E-state index contributed by atoms with van der Waals surface area (Å²) in [5.74, 6) is 0.519. The van der Waals surface area contributed by atoms with Crippen molar-refractivity contribution >= 4 is 5.91 Å². The van der Waals surface area contributed by atoms with E-state index >= 15 is 0 Å². The summed E-state index contributed by atoms with van der Waals surface area (Å²) in [5.41, 5.74) is 7.33. The number of aromatic nitrogens is 3. The fourth-order valence-electron chi connectivity index (χ4n) is 2.09. The summed E-state index contributed by atoms with van der Waals surface area (Å²) in [6.45, 7) is 0.262. The molecule has 3 rings (SSSR count). The topological polar surface area (TPSA) is 91.0 Å². The zero-order valence-electron chi connectivity index (χ0n) is 12.2. The molecular formula is C17H14N4O2. The lowest BCUT2D eigenvalue weighted by Crippen LogP contribution is -2.12. The van der Waals surface area contributed by atoms with E-state index in [1.54, 1.807) is 55.1 Å². The first kappa shape index (κ1) is 14.6. The number of para-hydroxylation sites is 1. The second-order valence-corrected chi connectivity index (χ2v) is 4.80. The van der Waals surface area contributed by atoms with Gasteiger partial charge in [0.1, 0.15) is 12.4 Å². The molecule has 0 aliphatic heterocycles. The predicted molar refractivity (Wildman–Crippen MR) is 84.6 cm³/mol. The van der Waals surface area contributed by atoms with Gasteiger partial charge >= 0.3 is 0 Å². The summed E-state index contributed by atoms with van der Waals surface area (Å²) in [6, 6.07) is 10.5. The van der Waals surface area contributed by atoms with Crippen LogP contribution in [-0.4, -0.2) is 20.9 Å². The van der Waals surface area contributed by atoms with Crippen LogP contribution in [0, 0.1) is 0 Å². The maximum Gasteiger partial charge on any atom is 0.252 e. The number of rotatable bonds is 5. The summed E-state index contributed by atoms with van der Waals surface area (Å²) in [4.78, 5) is 23.9. The molecule has 0 spiro atoms. The fourth-order valence-corrected chi connectivity index (χ4v) is 2.09. The Morgan fingerprint density at radius 3 is 2.65 bits per heavy atom. The van der Waals surface area contributed by atoms with E-state index in [1.165, 1.54) is 0 Å². The summed E-state index contributed by atoms with van der Waals surface area (Å²) in [6.07, 6.45) is 6.73. The molecule has 0 aliphatic rings. The number of hydrogen-bond acceptors (Lipinski definition) is 5. The number of carbonyl (C=O) groups excluding carboxylic acids is 1. The van der Waals surface area contributed by atoms with Gasteiger partial charge in [0.05, 0.1) is 5.56 Å². The largest absolute Gasteiger partial charge is 0.488 e. The Bertz CT molecular complexity index is 822. The fraction of sp³-hybridized carbons (Fsp3) is 0.0588. The standard InChI is InChI=1S/C17H14N4O2/c18-16(22)14-4-1-2-5-15(14)23-11-12-8-13(10-19-9-12)17-20-6-3-7-21-17/h1-10H,11H2,(H2,18,22). The van der Waals surface area contributed by atoms with Crippen LogP contribution >= 0.6 is 0 Å². The van der Waals surface area contributed by atoms with Crippen LogP contribution in [0.4, 0.5) is 0 Å². The SMILES string of the molecule is NC(=O)c1ccccc1OCc1cncc(-c2ncccn2)c1. The first-order chi connectivity index (χ1) is 11.2. The molecule has 2 aromatic heterocycles. The molecule has 6 heteroatoms. The highest BCUT2D eigenvalue weighted by atomic mass is 16.5. The molecular weight excluding hydrogens is 292 g/mol. The summed E-state index contributed by atoms with van der Waals surface area (Å²) < 4.78 is 5.69. The van der Waals surface area contributed by atoms with Crippen molar-refractivity contribution in [3.63, 3.8) is 0 Å². The third-order valence-electron chi connectivity index (χ3n) is 3.17. The van der Waals surface area contributed by atoms with Gasteiger partial charge in [0.15, 0.2) is 5.82 Å². The molecule has 0 atom stereocenters. The first-order valence-corrected chi connectivity index (χ1v) is 6.97. The highest BCUT2D eigenvalue weighted by Crippen LogP contribution is 2.20. The van der Waals surface area contributed by atoms with Gasteiger partial charge in [0, 0.05) is 35.9 Å². The molecule has 2 N–H and O–H groups in total. The van der Waals surface area contributed by atoms with Crippen molar-refractivity contribution in [1.82, 2.24) is 15.0 Å². The van der Waals surface area contributed by atoms with Crippen LogP contribution in [0.1, 0.15) is 15.9 Å². The predicted octanol–water partition coefficient (Wildman–Crippen LogP) is 2.22. The highest BCUT2D eigenvalue weighted by molar-refractivity contribution is 5.95. The van der Waals surface area contributed by atoms with E-state index in [0.717, 1.165) is 11.1 Å². The number of nitrogens with zero attached hydrogens (tertiary/aromatic N) is 3. The molecule has 1 amide bonds. The number of carbonyl (C=O) groups is 1. The minimum atomic E-state index is -0.523. The van der Waals surface area contributed by atoms with Crippen molar-refractivity contribution in [3.05, 3.63) is 72.3 Å². The lowest BCUT2D eigenvalue weighted by atomic mass is 10.2. The number of benzene rings is 1. The maximum absolute atomic E-state index is 11.4. The van der Waals surface area contributed by atoms with Gasteiger partial charge in [0.2, 0.25) is 0 Å². The van der Waals surface area contributed by atoms with E-state index in [4.69, 9.17) is 10.5 Å². The molecule has 0 bridgehead atoms. The van der Waals surface area contributed by atoms with Crippen LogP contribution in [0.3, 0.4) is 0 Å². The molecule has 114 valence electrons. The second kappa shape index (κ2) is 6.65. The van der Waals surface area contributed by atoms with Gasteiger partial charge < -0.3 is 10.5 Å². The van der Waals surface area contributed by atoms with Crippen molar-refractivity contribution in [2.24, 2.45) is 5.73 Å². The molecule has 3 aromatic rings.